The summed E-state index contributed by atoms with van der Waals surface area (Å²) in [7, 11) is 0. The van der Waals surface area contributed by atoms with Crippen molar-refractivity contribution in [3.8, 4) is 5.75 Å². The minimum atomic E-state index is -0.654. The Morgan fingerprint density at radius 2 is 1.85 bits per heavy atom. The van der Waals surface area contributed by atoms with E-state index in [-0.39, 0.29) is 17.1 Å². The van der Waals surface area contributed by atoms with E-state index in [0.717, 1.165) is 24.0 Å². The molecule has 0 aliphatic carbocycles. The molecule has 5 rings (SSSR count). The van der Waals surface area contributed by atoms with Gasteiger partial charge in [0, 0.05) is 10.7 Å². The van der Waals surface area contributed by atoms with Gasteiger partial charge in [-0.05, 0) is 66.9 Å². The maximum Gasteiger partial charge on any atom is 0.295 e. The van der Waals surface area contributed by atoms with Gasteiger partial charge in [0.25, 0.3) is 5.91 Å². The summed E-state index contributed by atoms with van der Waals surface area (Å²) in [5.74, 6) is 0.407. The van der Waals surface area contributed by atoms with E-state index < -0.39 is 6.04 Å². The van der Waals surface area contributed by atoms with Crippen LogP contribution in [0.4, 0.5) is 5.69 Å². The molecule has 0 bridgehead atoms. The highest BCUT2D eigenvalue weighted by atomic mass is 35.5. The van der Waals surface area contributed by atoms with Crippen molar-refractivity contribution in [1.29, 1.82) is 0 Å². The van der Waals surface area contributed by atoms with Crippen molar-refractivity contribution in [2.75, 3.05) is 11.5 Å². The highest BCUT2D eigenvalue weighted by molar-refractivity contribution is 6.31. The molecule has 2 heterocycles. The van der Waals surface area contributed by atoms with Crippen LogP contribution in [0.3, 0.4) is 0 Å². The van der Waals surface area contributed by atoms with Crippen LogP contribution in [0.5, 0.6) is 5.75 Å². The minimum Gasteiger partial charge on any atom is -0.494 e. The Labute approximate surface area is 202 Å². The smallest absolute Gasteiger partial charge is 0.295 e. The third-order valence-electron chi connectivity index (χ3n) is 6.05. The molecule has 0 radical (unpaired) electrons. The number of carbonyl (C=O) groups excluding carboxylic acids is 1. The molecule has 1 atom stereocenters. The molecule has 1 aromatic heterocycles. The number of fused-ring (bicyclic) bond motifs is 2. The summed E-state index contributed by atoms with van der Waals surface area (Å²) in [6, 6.07) is 19.4. The van der Waals surface area contributed by atoms with E-state index in [1.807, 2.05) is 55.5 Å². The fourth-order valence-corrected chi connectivity index (χ4v) is 4.59. The van der Waals surface area contributed by atoms with Gasteiger partial charge in [-0.1, -0.05) is 49.2 Å². The molecule has 172 valence electrons. The molecule has 34 heavy (non-hydrogen) atoms. The van der Waals surface area contributed by atoms with Gasteiger partial charge in [0.15, 0.2) is 5.43 Å². The highest BCUT2D eigenvalue weighted by Gasteiger charge is 2.43. The molecule has 1 unspecified atom stereocenters. The molecule has 1 amide bonds. The summed E-state index contributed by atoms with van der Waals surface area (Å²) in [5.41, 5.74) is 2.86. The Balaban J connectivity index is 1.72. The van der Waals surface area contributed by atoms with Crippen molar-refractivity contribution < 1.29 is 13.9 Å². The molecular weight excluding hydrogens is 450 g/mol. The predicted molar refractivity (Wildman–Crippen MR) is 134 cm³/mol. The van der Waals surface area contributed by atoms with Crippen LogP contribution in [0.1, 0.15) is 53.1 Å². The van der Waals surface area contributed by atoms with Gasteiger partial charge in [0.2, 0.25) is 5.76 Å². The maximum absolute atomic E-state index is 13.7. The first-order chi connectivity index (χ1) is 16.5. The number of carbonyl (C=O) groups is 1. The van der Waals surface area contributed by atoms with E-state index in [1.165, 1.54) is 0 Å². The van der Waals surface area contributed by atoms with Crippen LogP contribution in [-0.4, -0.2) is 12.5 Å². The average Bonchev–Trinajstić information content (AvgIpc) is 3.12. The predicted octanol–water partition coefficient (Wildman–Crippen LogP) is 6.68. The van der Waals surface area contributed by atoms with E-state index in [4.69, 9.17) is 20.8 Å². The van der Waals surface area contributed by atoms with Crippen LogP contribution in [-0.2, 0) is 0 Å². The zero-order valence-corrected chi connectivity index (χ0v) is 19.8. The quantitative estimate of drug-likeness (QED) is 0.293. The van der Waals surface area contributed by atoms with E-state index in [9.17, 15) is 9.59 Å². The van der Waals surface area contributed by atoms with E-state index in [0.29, 0.717) is 39.6 Å². The molecule has 0 saturated carbocycles. The molecule has 6 heteroatoms. The zero-order chi connectivity index (χ0) is 23.8. The van der Waals surface area contributed by atoms with Crippen LogP contribution in [0.25, 0.3) is 11.0 Å². The first-order valence-corrected chi connectivity index (χ1v) is 11.7. The zero-order valence-electron chi connectivity index (χ0n) is 19.0. The van der Waals surface area contributed by atoms with Crippen molar-refractivity contribution in [1.82, 2.24) is 0 Å². The summed E-state index contributed by atoms with van der Waals surface area (Å²) in [6.45, 7) is 4.68. The summed E-state index contributed by atoms with van der Waals surface area (Å²) >= 11 is 6.17. The number of amides is 1. The van der Waals surface area contributed by atoms with Gasteiger partial charge < -0.3 is 9.15 Å². The fraction of sp³-hybridized carbons (Fsp3) is 0.214. The summed E-state index contributed by atoms with van der Waals surface area (Å²) in [6.07, 6.45) is 1.97. The first kappa shape index (κ1) is 22.2. The van der Waals surface area contributed by atoms with Crippen molar-refractivity contribution in [2.45, 2.75) is 32.7 Å². The van der Waals surface area contributed by atoms with Crippen molar-refractivity contribution in [2.24, 2.45) is 0 Å². The fourth-order valence-electron chi connectivity index (χ4n) is 4.41. The molecule has 0 spiro atoms. The third kappa shape index (κ3) is 3.86. The topological polar surface area (TPSA) is 59.8 Å². The summed E-state index contributed by atoms with van der Waals surface area (Å²) in [5, 5.41) is 0.785. The minimum absolute atomic E-state index is 0.0589. The van der Waals surface area contributed by atoms with Crippen molar-refractivity contribution in [3.63, 3.8) is 0 Å². The molecule has 0 fully saturated rings. The summed E-state index contributed by atoms with van der Waals surface area (Å²) in [4.78, 5) is 29.0. The lowest BCUT2D eigenvalue weighted by molar-refractivity contribution is 0.0971. The Bertz CT molecular complexity index is 1460. The number of nitrogens with zero attached hydrogens (tertiary/aromatic N) is 1. The van der Waals surface area contributed by atoms with Gasteiger partial charge in [-0.2, -0.15) is 0 Å². The molecule has 3 aromatic carbocycles. The number of halogens is 1. The Morgan fingerprint density at radius 3 is 2.65 bits per heavy atom. The van der Waals surface area contributed by atoms with E-state index >= 15 is 0 Å². The second-order valence-corrected chi connectivity index (χ2v) is 8.94. The molecule has 1 aliphatic heterocycles. The van der Waals surface area contributed by atoms with Crippen LogP contribution in [0.15, 0.2) is 75.9 Å². The molecule has 0 N–H and O–H groups in total. The number of rotatable bonds is 6. The van der Waals surface area contributed by atoms with E-state index in [1.54, 1.807) is 23.1 Å². The van der Waals surface area contributed by atoms with Gasteiger partial charge in [0.05, 0.1) is 23.6 Å². The lowest BCUT2D eigenvalue weighted by Crippen LogP contribution is -2.29. The monoisotopic (exact) mass is 473 g/mol. The van der Waals surface area contributed by atoms with Gasteiger partial charge in [-0.3, -0.25) is 14.5 Å². The largest absolute Gasteiger partial charge is 0.494 e. The molecule has 5 nitrogen and oxygen atoms in total. The number of benzene rings is 3. The first-order valence-electron chi connectivity index (χ1n) is 11.4. The number of unbranched alkanes of at least 4 members (excludes halogenated alkanes) is 1. The lowest BCUT2D eigenvalue weighted by atomic mass is 9.98. The molecule has 4 aromatic rings. The Kier molecular flexibility index (Phi) is 5.88. The SMILES string of the molecule is CCCCOc1cccc(C2c3c(oc4ccc(Cl)cc4c3=O)C(=O)N2c2cccc(C)c2)c1. The second-order valence-electron chi connectivity index (χ2n) is 8.51. The lowest BCUT2D eigenvalue weighted by Gasteiger charge is -2.26. The molecule has 1 aliphatic rings. The van der Waals surface area contributed by atoms with Crippen LogP contribution in [0.2, 0.25) is 5.02 Å². The second kappa shape index (κ2) is 8.99. The Morgan fingerprint density at radius 1 is 1.03 bits per heavy atom. The summed E-state index contributed by atoms with van der Waals surface area (Å²) < 4.78 is 11.9. The number of anilines is 1. The van der Waals surface area contributed by atoms with Crippen molar-refractivity contribution >= 4 is 34.2 Å². The third-order valence-corrected chi connectivity index (χ3v) is 6.29. The van der Waals surface area contributed by atoms with E-state index in [2.05, 4.69) is 6.92 Å². The number of hydrogen-bond donors (Lipinski definition) is 0. The normalized spacial score (nSPS) is 15.1. The van der Waals surface area contributed by atoms with Gasteiger partial charge in [-0.15, -0.1) is 0 Å². The average molecular weight is 474 g/mol. The van der Waals surface area contributed by atoms with Crippen LogP contribution >= 0.6 is 11.6 Å². The Hall–Kier alpha value is -3.57. The molecular formula is C28H24ClNO4. The van der Waals surface area contributed by atoms with Crippen LogP contribution < -0.4 is 15.1 Å². The highest BCUT2D eigenvalue weighted by Crippen LogP contribution is 2.42. The molecule has 0 saturated heterocycles. The van der Waals surface area contributed by atoms with Gasteiger partial charge in [-0.25, -0.2) is 0 Å². The standard InChI is InChI=1S/C28H24ClNO4/c1-3-4-13-33-21-10-6-8-18(15-21)25-24-26(31)22-16-19(29)11-12-23(22)34-27(24)28(32)30(25)20-9-5-7-17(2)14-20/h5-12,14-16,25H,3-4,13H2,1-2H3. The van der Waals surface area contributed by atoms with Gasteiger partial charge in [0.1, 0.15) is 11.3 Å². The maximum atomic E-state index is 13.7. The number of hydrogen-bond acceptors (Lipinski definition) is 4. The van der Waals surface area contributed by atoms with Gasteiger partial charge >= 0.3 is 0 Å². The number of aryl methyl sites for hydroxylation is 1. The number of ether oxygens (including phenoxy) is 1. The van der Waals surface area contributed by atoms with Crippen LogP contribution in [0, 0.1) is 6.92 Å². The van der Waals surface area contributed by atoms with Crippen molar-refractivity contribution in [3.05, 3.63) is 104 Å².